The molecule has 0 aliphatic carbocycles. The summed E-state index contributed by atoms with van der Waals surface area (Å²) in [5.74, 6) is 1.93. The Kier molecular flexibility index (Phi) is 5.64. The minimum atomic E-state index is -0.200. The van der Waals surface area contributed by atoms with Gasteiger partial charge in [-0.05, 0) is 61.9 Å². The number of halogens is 1. The van der Waals surface area contributed by atoms with Gasteiger partial charge in [0.15, 0.2) is 6.61 Å². The average Bonchev–Trinajstić information content (AvgIpc) is 3.09. The first kappa shape index (κ1) is 18.1. The summed E-state index contributed by atoms with van der Waals surface area (Å²) in [6.07, 6.45) is 0. The highest BCUT2D eigenvalue weighted by molar-refractivity contribution is 6.30. The van der Waals surface area contributed by atoms with Crippen LogP contribution in [0.5, 0.6) is 5.75 Å². The molecule has 0 atom stereocenters. The van der Waals surface area contributed by atoms with Gasteiger partial charge in [-0.3, -0.25) is 4.79 Å². The number of hydrogen-bond acceptors (Lipinski definition) is 3. The molecule has 0 bridgehead atoms. The Morgan fingerprint density at radius 3 is 2.58 bits per heavy atom. The lowest BCUT2D eigenvalue weighted by molar-refractivity contribution is -0.123. The van der Waals surface area contributed by atoms with Crippen molar-refractivity contribution in [1.29, 1.82) is 0 Å². The zero-order valence-corrected chi connectivity index (χ0v) is 15.5. The summed E-state index contributed by atoms with van der Waals surface area (Å²) in [4.78, 5) is 12.0. The van der Waals surface area contributed by atoms with Crippen LogP contribution in [0.2, 0.25) is 5.02 Å². The van der Waals surface area contributed by atoms with E-state index in [4.69, 9.17) is 20.8 Å². The lowest BCUT2D eigenvalue weighted by atomic mass is 10.1. The third-order valence-electron chi connectivity index (χ3n) is 3.94. The molecular weight excluding hydrogens is 350 g/mol. The minimum Gasteiger partial charge on any atom is -0.484 e. The van der Waals surface area contributed by atoms with E-state index in [-0.39, 0.29) is 12.5 Å². The number of aryl methyl sites for hydroxylation is 2. The van der Waals surface area contributed by atoms with Crippen LogP contribution >= 0.6 is 11.6 Å². The zero-order chi connectivity index (χ0) is 18.5. The van der Waals surface area contributed by atoms with Gasteiger partial charge >= 0.3 is 0 Å². The molecule has 0 fully saturated rings. The Morgan fingerprint density at radius 2 is 1.85 bits per heavy atom. The number of benzene rings is 2. The SMILES string of the molecule is Cc1ccc(OCC(=O)NCc2ccc(-c3ccc(Cl)cc3)o2)c(C)c1. The molecule has 4 nitrogen and oxygen atoms in total. The third kappa shape index (κ3) is 4.67. The van der Waals surface area contributed by atoms with Gasteiger partial charge in [-0.1, -0.05) is 29.3 Å². The Balaban J connectivity index is 1.51. The van der Waals surface area contributed by atoms with E-state index in [0.29, 0.717) is 23.1 Å². The van der Waals surface area contributed by atoms with Crippen LogP contribution in [0.3, 0.4) is 0 Å². The molecule has 3 aromatic rings. The fourth-order valence-electron chi connectivity index (χ4n) is 2.58. The summed E-state index contributed by atoms with van der Waals surface area (Å²) in [5.41, 5.74) is 3.11. The van der Waals surface area contributed by atoms with Crippen molar-refractivity contribution < 1.29 is 13.9 Å². The van der Waals surface area contributed by atoms with Crippen molar-refractivity contribution in [2.24, 2.45) is 0 Å². The normalized spacial score (nSPS) is 10.6. The molecule has 3 rings (SSSR count). The zero-order valence-electron chi connectivity index (χ0n) is 14.7. The van der Waals surface area contributed by atoms with E-state index >= 15 is 0 Å². The summed E-state index contributed by atoms with van der Waals surface area (Å²) < 4.78 is 11.3. The Morgan fingerprint density at radius 1 is 1.08 bits per heavy atom. The molecule has 0 radical (unpaired) electrons. The van der Waals surface area contributed by atoms with Crippen molar-refractivity contribution in [3.05, 3.63) is 76.5 Å². The van der Waals surface area contributed by atoms with E-state index in [0.717, 1.165) is 22.5 Å². The monoisotopic (exact) mass is 369 g/mol. The molecule has 2 aromatic carbocycles. The highest BCUT2D eigenvalue weighted by atomic mass is 35.5. The lowest BCUT2D eigenvalue weighted by Gasteiger charge is -2.09. The number of carbonyl (C=O) groups excluding carboxylic acids is 1. The quantitative estimate of drug-likeness (QED) is 0.671. The van der Waals surface area contributed by atoms with Crippen molar-refractivity contribution in [3.8, 4) is 17.1 Å². The van der Waals surface area contributed by atoms with Crippen molar-refractivity contribution >= 4 is 17.5 Å². The minimum absolute atomic E-state index is 0.0331. The van der Waals surface area contributed by atoms with E-state index < -0.39 is 0 Å². The first-order chi connectivity index (χ1) is 12.5. The van der Waals surface area contributed by atoms with Gasteiger partial charge in [0.1, 0.15) is 17.3 Å². The predicted molar refractivity (Wildman–Crippen MR) is 102 cm³/mol. The average molecular weight is 370 g/mol. The van der Waals surface area contributed by atoms with Crippen molar-refractivity contribution in [2.75, 3.05) is 6.61 Å². The molecule has 134 valence electrons. The van der Waals surface area contributed by atoms with Crippen molar-refractivity contribution in [2.45, 2.75) is 20.4 Å². The molecule has 0 unspecified atom stereocenters. The van der Waals surface area contributed by atoms with Crippen LogP contribution in [-0.2, 0) is 11.3 Å². The summed E-state index contributed by atoms with van der Waals surface area (Å²) in [5, 5.41) is 3.47. The van der Waals surface area contributed by atoms with E-state index in [9.17, 15) is 4.79 Å². The van der Waals surface area contributed by atoms with Gasteiger partial charge in [0.05, 0.1) is 6.54 Å². The number of carbonyl (C=O) groups is 1. The summed E-state index contributed by atoms with van der Waals surface area (Å²) in [6.45, 7) is 4.25. The first-order valence-electron chi connectivity index (χ1n) is 8.32. The molecule has 26 heavy (non-hydrogen) atoms. The number of ether oxygens (including phenoxy) is 1. The molecular formula is C21H20ClNO3. The summed E-state index contributed by atoms with van der Waals surface area (Å²) >= 11 is 5.89. The van der Waals surface area contributed by atoms with Gasteiger partial charge in [-0.15, -0.1) is 0 Å². The second-order valence-electron chi connectivity index (χ2n) is 6.11. The molecule has 0 saturated heterocycles. The van der Waals surface area contributed by atoms with Gasteiger partial charge in [0, 0.05) is 10.6 Å². The summed E-state index contributed by atoms with van der Waals surface area (Å²) in [7, 11) is 0. The van der Waals surface area contributed by atoms with Crippen LogP contribution in [0, 0.1) is 13.8 Å². The van der Waals surface area contributed by atoms with E-state index in [1.54, 1.807) is 0 Å². The van der Waals surface area contributed by atoms with Gasteiger partial charge in [-0.2, -0.15) is 0 Å². The molecule has 1 aromatic heterocycles. The fraction of sp³-hybridized carbons (Fsp3) is 0.190. The Labute approximate surface area is 157 Å². The molecule has 0 spiro atoms. The Hall–Kier alpha value is -2.72. The second kappa shape index (κ2) is 8.11. The van der Waals surface area contributed by atoms with Crippen molar-refractivity contribution in [1.82, 2.24) is 5.32 Å². The van der Waals surface area contributed by atoms with Crippen LogP contribution in [-0.4, -0.2) is 12.5 Å². The van der Waals surface area contributed by atoms with Gasteiger partial charge in [0.2, 0.25) is 0 Å². The standard InChI is InChI=1S/C21H20ClNO3/c1-14-3-9-19(15(2)11-14)25-13-21(24)23-12-18-8-10-20(26-18)16-4-6-17(22)7-5-16/h3-11H,12-13H2,1-2H3,(H,23,24). The van der Waals surface area contributed by atoms with E-state index in [2.05, 4.69) is 5.32 Å². The van der Waals surface area contributed by atoms with Gasteiger partial charge in [-0.25, -0.2) is 0 Å². The number of nitrogens with one attached hydrogen (secondary N) is 1. The smallest absolute Gasteiger partial charge is 0.258 e. The van der Waals surface area contributed by atoms with Crippen LogP contribution in [0.15, 0.2) is 59.0 Å². The maximum atomic E-state index is 12.0. The molecule has 5 heteroatoms. The van der Waals surface area contributed by atoms with E-state index in [1.165, 1.54) is 0 Å². The predicted octanol–water partition coefficient (Wildman–Crippen LogP) is 4.91. The van der Waals surface area contributed by atoms with Crippen molar-refractivity contribution in [3.63, 3.8) is 0 Å². The molecule has 1 amide bonds. The lowest BCUT2D eigenvalue weighted by Crippen LogP contribution is -2.28. The number of rotatable bonds is 6. The topological polar surface area (TPSA) is 51.5 Å². The van der Waals surface area contributed by atoms with Crippen LogP contribution in [0.1, 0.15) is 16.9 Å². The van der Waals surface area contributed by atoms with Crippen LogP contribution in [0.4, 0.5) is 0 Å². The molecule has 1 heterocycles. The number of amides is 1. The highest BCUT2D eigenvalue weighted by Crippen LogP contribution is 2.23. The van der Waals surface area contributed by atoms with Gasteiger partial charge in [0.25, 0.3) is 5.91 Å². The fourth-order valence-corrected chi connectivity index (χ4v) is 2.71. The highest BCUT2D eigenvalue weighted by Gasteiger charge is 2.08. The third-order valence-corrected chi connectivity index (χ3v) is 4.19. The van der Waals surface area contributed by atoms with Crippen LogP contribution < -0.4 is 10.1 Å². The summed E-state index contributed by atoms with van der Waals surface area (Å²) in [6, 6.07) is 17.0. The molecule has 1 N–H and O–H groups in total. The number of hydrogen-bond donors (Lipinski definition) is 1. The molecule has 0 aliphatic rings. The maximum Gasteiger partial charge on any atom is 0.258 e. The van der Waals surface area contributed by atoms with E-state index in [1.807, 2.05) is 68.4 Å². The molecule has 0 saturated carbocycles. The van der Waals surface area contributed by atoms with Crippen LogP contribution in [0.25, 0.3) is 11.3 Å². The second-order valence-corrected chi connectivity index (χ2v) is 6.54. The van der Waals surface area contributed by atoms with Gasteiger partial charge < -0.3 is 14.5 Å². The Bertz CT molecular complexity index is 900. The largest absolute Gasteiger partial charge is 0.484 e. The number of furan rings is 1. The first-order valence-corrected chi connectivity index (χ1v) is 8.70. The molecule has 0 aliphatic heterocycles. The maximum absolute atomic E-state index is 12.0.